The van der Waals surface area contributed by atoms with Gasteiger partial charge in [-0.2, -0.15) is 0 Å². The molecule has 3 aromatic rings. The molecule has 138 valence electrons. The minimum Gasteiger partial charge on any atom is -0.490 e. The minimum atomic E-state index is -0.389. The third-order valence-electron chi connectivity index (χ3n) is 4.18. The molecule has 1 atom stereocenters. The van der Waals surface area contributed by atoms with Crippen LogP contribution < -0.4 is 10.5 Å². The van der Waals surface area contributed by atoms with Gasteiger partial charge in [0.2, 0.25) is 0 Å². The fourth-order valence-electron chi connectivity index (χ4n) is 3.28. The number of pyridine rings is 1. The molecule has 0 unspecified atom stereocenters. The molecule has 0 amide bonds. The molecule has 0 spiro atoms. The molecule has 2 heterocycles. The number of benzene rings is 1. The van der Waals surface area contributed by atoms with E-state index < -0.39 is 0 Å². The zero-order chi connectivity index (χ0) is 18.9. The molecule has 5 nitrogen and oxygen atoms in total. The lowest BCUT2D eigenvalue weighted by Crippen LogP contribution is -2.43. The van der Waals surface area contributed by atoms with Crippen LogP contribution in [0.4, 0.5) is 0 Å². The number of aryl methyl sites for hydroxylation is 1. The summed E-state index contributed by atoms with van der Waals surface area (Å²) in [5.41, 5.74) is 9.48. The van der Waals surface area contributed by atoms with Gasteiger partial charge in [-0.25, -0.2) is 9.97 Å². The summed E-state index contributed by atoms with van der Waals surface area (Å²) in [5.74, 6) is 1.98. The number of aromatic amines is 1. The minimum absolute atomic E-state index is 0.389. The van der Waals surface area contributed by atoms with Crippen molar-refractivity contribution >= 4 is 22.8 Å². The standard InChI is InChI=1S/C20H25ClN4O/c1-12(2)10-20(4,22)11-26-17-6-5-14(9-16(17)21)15-7-8-23-19-18(15)24-13(3)25-19/h5-9,12H,10-11,22H2,1-4H3,(H,23,24,25)/t20-/m0/s1. The largest absolute Gasteiger partial charge is 0.490 e. The number of nitrogens with zero attached hydrogens (tertiary/aromatic N) is 2. The molecule has 26 heavy (non-hydrogen) atoms. The Hall–Kier alpha value is -2.11. The lowest BCUT2D eigenvalue weighted by Gasteiger charge is -2.26. The van der Waals surface area contributed by atoms with E-state index in [0.717, 1.165) is 34.5 Å². The smallest absolute Gasteiger partial charge is 0.157 e. The summed E-state index contributed by atoms with van der Waals surface area (Å²) in [4.78, 5) is 12.0. The number of rotatable bonds is 6. The number of hydrogen-bond donors (Lipinski definition) is 2. The number of aromatic nitrogens is 3. The van der Waals surface area contributed by atoms with Crippen molar-refractivity contribution in [2.75, 3.05) is 6.61 Å². The number of halogens is 1. The molecular formula is C20H25ClN4O. The third-order valence-corrected chi connectivity index (χ3v) is 4.47. The Labute approximate surface area is 158 Å². The lowest BCUT2D eigenvalue weighted by atomic mass is 9.93. The first kappa shape index (κ1) is 18.7. The first-order chi connectivity index (χ1) is 12.2. The van der Waals surface area contributed by atoms with Crippen LogP contribution in [0.3, 0.4) is 0 Å². The van der Waals surface area contributed by atoms with Crippen molar-refractivity contribution in [1.29, 1.82) is 0 Å². The van der Waals surface area contributed by atoms with Crippen molar-refractivity contribution in [3.05, 3.63) is 41.3 Å². The van der Waals surface area contributed by atoms with Crippen LogP contribution in [0.5, 0.6) is 5.75 Å². The van der Waals surface area contributed by atoms with E-state index in [9.17, 15) is 0 Å². The molecule has 0 radical (unpaired) electrons. The van der Waals surface area contributed by atoms with Crippen molar-refractivity contribution in [3.8, 4) is 16.9 Å². The summed E-state index contributed by atoms with van der Waals surface area (Å²) in [7, 11) is 0. The van der Waals surface area contributed by atoms with Gasteiger partial charge in [0.1, 0.15) is 23.7 Å². The number of H-pyrrole nitrogens is 1. The zero-order valence-electron chi connectivity index (χ0n) is 15.6. The quantitative estimate of drug-likeness (QED) is 0.655. The molecule has 0 saturated heterocycles. The molecule has 2 aromatic heterocycles. The van der Waals surface area contributed by atoms with E-state index in [0.29, 0.717) is 23.3 Å². The van der Waals surface area contributed by atoms with Crippen molar-refractivity contribution < 1.29 is 4.74 Å². The predicted molar refractivity (Wildman–Crippen MR) is 107 cm³/mol. The Kier molecular flexibility index (Phi) is 5.21. The van der Waals surface area contributed by atoms with Crippen molar-refractivity contribution in [3.63, 3.8) is 0 Å². The van der Waals surface area contributed by atoms with Crippen molar-refractivity contribution in [2.24, 2.45) is 11.7 Å². The number of imidazole rings is 1. The van der Waals surface area contributed by atoms with E-state index in [-0.39, 0.29) is 5.54 Å². The highest BCUT2D eigenvalue weighted by Gasteiger charge is 2.21. The Morgan fingerprint density at radius 2 is 2.08 bits per heavy atom. The molecule has 3 rings (SSSR count). The van der Waals surface area contributed by atoms with Crippen LogP contribution in [0.2, 0.25) is 5.02 Å². The number of ether oxygens (including phenoxy) is 1. The molecule has 3 N–H and O–H groups in total. The maximum absolute atomic E-state index is 6.46. The van der Waals surface area contributed by atoms with Gasteiger partial charge >= 0.3 is 0 Å². The summed E-state index contributed by atoms with van der Waals surface area (Å²) in [6.07, 6.45) is 2.65. The summed E-state index contributed by atoms with van der Waals surface area (Å²) < 4.78 is 5.89. The lowest BCUT2D eigenvalue weighted by molar-refractivity contribution is 0.207. The van der Waals surface area contributed by atoms with Gasteiger partial charge in [-0.1, -0.05) is 31.5 Å². The SMILES string of the molecule is Cc1nc2c(-c3ccc(OC[C@@](C)(N)CC(C)C)c(Cl)c3)ccnc2[nH]1. The highest BCUT2D eigenvalue weighted by Crippen LogP contribution is 2.33. The second-order valence-electron chi connectivity index (χ2n) is 7.56. The third kappa shape index (κ3) is 4.17. The van der Waals surface area contributed by atoms with E-state index in [1.165, 1.54) is 0 Å². The Morgan fingerprint density at radius 3 is 2.77 bits per heavy atom. The molecular weight excluding hydrogens is 348 g/mol. The van der Waals surface area contributed by atoms with Crippen LogP contribution >= 0.6 is 11.6 Å². The first-order valence-electron chi connectivity index (χ1n) is 8.78. The molecule has 0 aliphatic carbocycles. The topological polar surface area (TPSA) is 76.8 Å². The van der Waals surface area contributed by atoms with E-state index in [2.05, 4.69) is 28.8 Å². The molecule has 0 bridgehead atoms. The average molecular weight is 373 g/mol. The Morgan fingerprint density at radius 1 is 1.31 bits per heavy atom. The van der Waals surface area contributed by atoms with Crippen LogP contribution in [0.15, 0.2) is 30.5 Å². The maximum atomic E-state index is 6.46. The van der Waals surface area contributed by atoms with Gasteiger partial charge in [0.05, 0.1) is 5.02 Å². The average Bonchev–Trinajstić information content (AvgIpc) is 2.92. The molecule has 0 fully saturated rings. The monoisotopic (exact) mass is 372 g/mol. The number of nitrogens with one attached hydrogen (secondary N) is 1. The summed E-state index contributed by atoms with van der Waals surface area (Å²) in [6.45, 7) is 8.64. The van der Waals surface area contributed by atoms with Crippen LogP contribution in [-0.4, -0.2) is 27.1 Å². The van der Waals surface area contributed by atoms with Gasteiger partial charge in [0, 0.05) is 17.3 Å². The first-order valence-corrected chi connectivity index (χ1v) is 9.16. The van der Waals surface area contributed by atoms with Crippen LogP contribution in [0.1, 0.15) is 33.0 Å². The summed E-state index contributed by atoms with van der Waals surface area (Å²) in [5, 5.41) is 0.556. The van der Waals surface area contributed by atoms with Gasteiger partial charge in [-0.15, -0.1) is 0 Å². The van der Waals surface area contributed by atoms with Gasteiger partial charge < -0.3 is 15.5 Å². The second kappa shape index (κ2) is 7.25. The fourth-order valence-corrected chi connectivity index (χ4v) is 3.51. The van der Waals surface area contributed by atoms with Gasteiger partial charge in [-0.05, 0) is 49.9 Å². The predicted octanol–water partition coefficient (Wildman–Crippen LogP) is 4.73. The Bertz CT molecular complexity index is 917. The highest BCUT2D eigenvalue weighted by atomic mass is 35.5. The van der Waals surface area contributed by atoms with Crippen LogP contribution in [-0.2, 0) is 0 Å². The molecule has 0 aliphatic rings. The van der Waals surface area contributed by atoms with Crippen molar-refractivity contribution in [1.82, 2.24) is 15.0 Å². The van der Waals surface area contributed by atoms with E-state index in [1.54, 1.807) is 6.20 Å². The number of fused-ring (bicyclic) bond motifs is 1. The van der Waals surface area contributed by atoms with Crippen LogP contribution in [0.25, 0.3) is 22.3 Å². The number of hydrogen-bond acceptors (Lipinski definition) is 4. The van der Waals surface area contributed by atoms with E-state index in [4.69, 9.17) is 22.1 Å². The van der Waals surface area contributed by atoms with E-state index in [1.807, 2.05) is 38.1 Å². The molecule has 6 heteroatoms. The van der Waals surface area contributed by atoms with Gasteiger partial charge in [0.15, 0.2) is 5.65 Å². The Balaban J connectivity index is 1.83. The maximum Gasteiger partial charge on any atom is 0.157 e. The summed E-state index contributed by atoms with van der Waals surface area (Å²) >= 11 is 6.46. The normalized spacial score (nSPS) is 14.0. The molecule has 0 saturated carbocycles. The highest BCUT2D eigenvalue weighted by molar-refractivity contribution is 6.32. The van der Waals surface area contributed by atoms with Gasteiger partial charge in [0.25, 0.3) is 0 Å². The molecule has 0 aliphatic heterocycles. The van der Waals surface area contributed by atoms with E-state index >= 15 is 0 Å². The fraction of sp³-hybridized carbons (Fsp3) is 0.400. The van der Waals surface area contributed by atoms with Gasteiger partial charge in [-0.3, -0.25) is 0 Å². The second-order valence-corrected chi connectivity index (χ2v) is 7.97. The summed E-state index contributed by atoms with van der Waals surface area (Å²) in [6, 6.07) is 7.70. The number of nitrogens with two attached hydrogens (primary N) is 1. The molecule has 1 aromatic carbocycles. The van der Waals surface area contributed by atoms with Crippen LogP contribution in [0, 0.1) is 12.8 Å². The zero-order valence-corrected chi connectivity index (χ0v) is 16.4. The van der Waals surface area contributed by atoms with Crippen molar-refractivity contribution in [2.45, 2.75) is 39.7 Å².